The zero-order valence-corrected chi connectivity index (χ0v) is 24.0. The van der Waals surface area contributed by atoms with Crippen molar-refractivity contribution in [2.24, 2.45) is 0 Å². The lowest BCUT2D eigenvalue weighted by molar-refractivity contribution is 0.194. The van der Waals surface area contributed by atoms with Gasteiger partial charge in [0.1, 0.15) is 5.75 Å². The summed E-state index contributed by atoms with van der Waals surface area (Å²) in [7, 11) is 5.15. The third-order valence-corrected chi connectivity index (χ3v) is 7.80. The van der Waals surface area contributed by atoms with Crippen molar-refractivity contribution >= 4 is 5.69 Å². The summed E-state index contributed by atoms with van der Waals surface area (Å²) < 4.78 is 16.6. The molecule has 0 saturated carbocycles. The number of phenolic OH excluding ortho intramolecular Hbond substituents is 1. The highest BCUT2D eigenvalue weighted by atomic mass is 16.5. The van der Waals surface area contributed by atoms with Crippen molar-refractivity contribution in [2.75, 3.05) is 52.5 Å². The summed E-state index contributed by atoms with van der Waals surface area (Å²) >= 11 is 0. The first kappa shape index (κ1) is 28.8. The lowest BCUT2D eigenvalue weighted by atomic mass is 9.79. The van der Waals surface area contributed by atoms with Crippen LogP contribution < -0.4 is 19.7 Å². The molecule has 1 atom stereocenters. The second-order valence-electron chi connectivity index (χ2n) is 10.3. The molecule has 0 fully saturated rings. The molecular formula is C33H44N2O4. The molecule has 1 unspecified atom stereocenters. The van der Waals surface area contributed by atoms with E-state index in [1.165, 1.54) is 33.5 Å². The molecule has 0 spiro atoms. The minimum Gasteiger partial charge on any atom is -0.508 e. The summed E-state index contributed by atoms with van der Waals surface area (Å²) in [6.07, 6.45) is 4.99. The number of aromatic hydroxyl groups is 1. The van der Waals surface area contributed by atoms with Crippen LogP contribution in [0.4, 0.5) is 5.69 Å². The van der Waals surface area contributed by atoms with Crippen molar-refractivity contribution in [2.45, 2.75) is 51.5 Å². The fourth-order valence-corrected chi connectivity index (χ4v) is 5.59. The smallest absolute Gasteiger partial charge is 0.162 e. The van der Waals surface area contributed by atoms with Gasteiger partial charge in [0.05, 0.1) is 14.2 Å². The molecule has 0 aromatic heterocycles. The van der Waals surface area contributed by atoms with Crippen LogP contribution in [0.2, 0.25) is 0 Å². The fourth-order valence-electron chi connectivity index (χ4n) is 5.59. The van der Waals surface area contributed by atoms with E-state index in [9.17, 15) is 5.11 Å². The highest BCUT2D eigenvalue weighted by molar-refractivity contribution is 5.64. The SMILES string of the molecule is CCN(Cc1ccc(CCNCCCOC)cc1)c1cc(OC)c(OC)cc1C1CCc2cc(O)ccc2C1. The van der Waals surface area contributed by atoms with Gasteiger partial charge in [-0.15, -0.1) is 0 Å². The van der Waals surface area contributed by atoms with Gasteiger partial charge in [-0.05, 0) is 104 Å². The second-order valence-corrected chi connectivity index (χ2v) is 10.3. The van der Waals surface area contributed by atoms with Crippen molar-refractivity contribution in [3.8, 4) is 17.2 Å². The largest absolute Gasteiger partial charge is 0.508 e. The van der Waals surface area contributed by atoms with Crippen LogP contribution in [0.5, 0.6) is 17.2 Å². The number of anilines is 1. The van der Waals surface area contributed by atoms with Gasteiger partial charge in [0.2, 0.25) is 0 Å². The molecule has 0 saturated heterocycles. The number of fused-ring (bicyclic) bond motifs is 1. The van der Waals surface area contributed by atoms with Gasteiger partial charge in [-0.2, -0.15) is 0 Å². The molecule has 3 aromatic rings. The standard InChI is InChI=1S/C33H44N2O4/c1-5-35(23-25-9-7-24(8-10-25)15-17-34-16-6-18-37-2)31-22-33(39-4)32(38-3)21-30(31)28-12-11-27-20-29(36)14-13-26(27)19-28/h7-10,13-14,20-22,28,34,36H,5-6,11-12,15-19,23H2,1-4H3. The Morgan fingerprint density at radius 2 is 1.64 bits per heavy atom. The Kier molecular flexibility index (Phi) is 10.5. The van der Waals surface area contributed by atoms with Gasteiger partial charge in [-0.25, -0.2) is 0 Å². The Hall–Kier alpha value is -3.22. The zero-order valence-electron chi connectivity index (χ0n) is 24.0. The third kappa shape index (κ3) is 7.46. The summed E-state index contributed by atoms with van der Waals surface area (Å²) in [5, 5.41) is 13.4. The highest BCUT2D eigenvalue weighted by Gasteiger charge is 2.26. The van der Waals surface area contributed by atoms with Gasteiger partial charge < -0.3 is 29.5 Å². The number of hydrogen-bond acceptors (Lipinski definition) is 6. The maximum Gasteiger partial charge on any atom is 0.162 e. The number of nitrogens with zero attached hydrogens (tertiary/aromatic N) is 1. The number of aryl methyl sites for hydroxylation is 1. The number of methoxy groups -OCH3 is 3. The Morgan fingerprint density at radius 1 is 0.897 bits per heavy atom. The van der Waals surface area contributed by atoms with Crippen molar-refractivity contribution in [3.05, 3.63) is 82.4 Å². The molecule has 0 amide bonds. The quantitative estimate of drug-likeness (QED) is 0.253. The van der Waals surface area contributed by atoms with E-state index < -0.39 is 0 Å². The van der Waals surface area contributed by atoms with E-state index in [0.717, 1.165) is 76.4 Å². The average Bonchev–Trinajstić information content (AvgIpc) is 2.97. The molecule has 0 heterocycles. The molecule has 0 aliphatic heterocycles. The molecular weight excluding hydrogens is 488 g/mol. The van der Waals surface area contributed by atoms with Crippen LogP contribution in [0.3, 0.4) is 0 Å². The maximum atomic E-state index is 9.94. The van der Waals surface area contributed by atoms with Crippen molar-refractivity contribution in [1.29, 1.82) is 0 Å². The first-order valence-electron chi connectivity index (χ1n) is 14.1. The third-order valence-electron chi connectivity index (χ3n) is 7.80. The Bertz CT molecular complexity index is 1200. The number of ether oxygens (including phenoxy) is 3. The van der Waals surface area contributed by atoms with Gasteiger partial charge >= 0.3 is 0 Å². The van der Waals surface area contributed by atoms with E-state index in [4.69, 9.17) is 14.2 Å². The van der Waals surface area contributed by atoms with Crippen LogP contribution in [0.1, 0.15) is 53.5 Å². The van der Waals surface area contributed by atoms with Gasteiger partial charge in [0.15, 0.2) is 11.5 Å². The topological polar surface area (TPSA) is 63.2 Å². The molecule has 2 N–H and O–H groups in total. The predicted molar refractivity (Wildman–Crippen MR) is 159 cm³/mol. The van der Waals surface area contributed by atoms with E-state index in [0.29, 0.717) is 11.7 Å². The molecule has 0 radical (unpaired) electrons. The van der Waals surface area contributed by atoms with Crippen molar-refractivity contribution in [1.82, 2.24) is 5.32 Å². The van der Waals surface area contributed by atoms with Gasteiger partial charge in [0, 0.05) is 38.6 Å². The van der Waals surface area contributed by atoms with Crippen LogP contribution in [0.15, 0.2) is 54.6 Å². The van der Waals surface area contributed by atoms with E-state index in [-0.39, 0.29) is 0 Å². The molecule has 6 heteroatoms. The average molecular weight is 533 g/mol. The lowest BCUT2D eigenvalue weighted by Crippen LogP contribution is -2.25. The summed E-state index contributed by atoms with van der Waals surface area (Å²) in [4.78, 5) is 2.44. The molecule has 6 nitrogen and oxygen atoms in total. The maximum absolute atomic E-state index is 9.94. The summed E-state index contributed by atoms with van der Waals surface area (Å²) in [5.74, 6) is 2.23. The van der Waals surface area contributed by atoms with Gasteiger partial charge in [-0.1, -0.05) is 30.3 Å². The van der Waals surface area contributed by atoms with Crippen LogP contribution in [-0.4, -0.2) is 52.7 Å². The van der Waals surface area contributed by atoms with E-state index in [2.05, 4.69) is 59.6 Å². The highest BCUT2D eigenvalue weighted by Crippen LogP contribution is 2.43. The number of benzene rings is 3. The van der Waals surface area contributed by atoms with E-state index in [1.54, 1.807) is 27.4 Å². The fraction of sp³-hybridized carbons (Fsp3) is 0.455. The monoisotopic (exact) mass is 532 g/mol. The van der Waals surface area contributed by atoms with Crippen LogP contribution in [0.25, 0.3) is 0 Å². The minimum atomic E-state index is 0.348. The van der Waals surface area contributed by atoms with E-state index >= 15 is 0 Å². The normalized spacial score (nSPS) is 14.6. The Labute approximate surface area is 233 Å². The van der Waals surface area contributed by atoms with Gasteiger partial charge in [0.25, 0.3) is 0 Å². The number of hydrogen-bond donors (Lipinski definition) is 2. The molecule has 210 valence electrons. The Morgan fingerprint density at radius 3 is 2.36 bits per heavy atom. The molecule has 0 bridgehead atoms. The van der Waals surface area contributed by atoms with Crippen LogP contribution >= 0.6 is 0 Å². The summed E-state index contributed by atoms with van der Waals surface area (Å²) in [6, 6.07) is 19.1. The van der Waals surface area contributed by atoms with Crippen molar-refractivity contribution < 1.29 is 19.3 Å². The zero-order chi connectivity index (χ0) is 27.6. The number of rotatable bonds is 14. The minimum absolute atomic E-state index is 0.348. The molecule has 4 rings (SSSR count). The van der Waals surface area contributed by atoms with Crippen LogP contribution in [-0.2, 0) is 30.5 Å². The molecule has 1 aliphatic carbocycles. The van der Waals surface area contributed by atoms with E-state index in [1.807, 2.05) is 6.07 Å². The summed E-state index contributed by atoms with van der Waals surface area (Å²) in [6.45, 7) is 6.68. The van der Waals surface area contributed by atoms with Gasteiger partial charge in [-0.3, -0.25) is 0 Å². The Balaban J connectivity index is 1.52. The molecule has 39 heavy (non-hydrogen) atoms. The number of nitrogens with one attached hydrogen (secondary N) is 1. The first-order valence-corrected chi connectivity index (χ1v) is 14.1. The lowest BCUT2D eigenvalue weighted by Gasteiger charge is -2.32. The predicted octanol–water partition coefficient (Wildman–Crippen LogP) is 5.88. The molecule has 3 aromatic carbocycles. The summed E-state index contributed by atoms with van der Waals surface area (Å²) in [5.41, 5.74) is 7.71. The second kappa shape index (κ2) is 14.2. The number of phenols is 1. The van der Waals surface area contributed by atoms with Crippen LogP contribution in [0, 0.1) is 0 Å². The molecule has 1 aliphatic rings. The van der Waals surface area contributed by atoms with Crippen molar-refractivity contribution in [3.63, 3.8) is 0 Å². The first-order chi connectivity index (χ1) is 19.1.